The molecule has 3 aromatic heterocycles. The van der Waals surface area contributed by atoms with Crippen molar-refractivity contribution in [2.75, 3.05) is 0 Å². The van der Waals surface area contributed by atoms with E-state index in [0.29, 0.717) is 22.3 Å². The smallest absolute Gasteiger partial charge is 0.122 e. The Bertz CT molecular complexity index is 2670. The van der Waals surface area contributed by atoms with E-state index in [0.717, 1.165) is 50.1 Å². The average molecular weight is 823 g/mol. The van der Waals surface area contributed by atoms with Crippen molar-refractivity contribution in [1.29, 1.82) is 0 Å². The van der Waals surface area contributed by atoms with Crippen LogP contribution in [-0.2, 0) is 26.5 Å². The van der Waals surface area contributed by atoms with Crippen molar-refractivity contribution in [1.82, 2.24) is 9.97 Å². The number of pyridine rings is 2. The molecule has 0 aliphatic heterocycles. The van der Waals surface area contributed by atoms with Gasteiger partial charge in [0.25, 0.3) is 0 Å². The Morgan fingerprint density at radius 1 is 0.714 bits per heavy atom. The summed E-state index contributed by atoms with van der Waals surface area (Å²) in [7, 11) is 0. The van der Waals surface area contributed by atoms with Gasteiger partial charge in [0.1, 0.15) is 5.58 Å². The molecule has 4 heteroatoms. The molecule has 0 aliphatic carbocycles. The van der Waals surface area contributed by atoms with Crippen LogP contribution in [0.25, 0.3) is 66.4 Å². The first-order chi connectivity index (χ1) is 26.4. The topological polar surface area (TPSA) is 38.9 Å². The molecule has 0 spiro atoms. The summed E-state index contributed by atoms with van der Waals surface area (Å²) in [6.45, 7) is 0.463. The van der Waals surface area contributed by atoms with E-state index in [9.17, 15) is 0 Å². The molecule has 0 fully saturated rings. The third kappa shape index (κ3) is 7.27. The van der Waals surface area contributed by atoms with Crippen molar-refractivity contribution in [3.05, 3.63) is 156 Å². The molecule has 8 aromatic rings. The van der Waals surface area contributed by atoms with Gasteiger partial charge in [0.15, 0.2) is 0 Å². The molecule has 0 amide bonds. The van der Waals surface area contributed by atoms with Crippen LogP contribution in [0.1, 0.15) is 48.4 Å². The summed E-state index contributed by atoms with van der Waals surface area (Å²) < 4.78 is 69.9. The van der Waals surface area contributed by atoms with Crippen LogP contribution in [0.3, 0.4) is 0 Å². The molecule has 8 rings (SSSR count). The zero-order chi connectivity index (χ0) is 40.0. The minimum atomic E-state index is -2.62. The van der Waals surface area contributed by atoms with E-state index < -0.39 is 25.5 Å². The molecule has 3 nitrogen and oxygen atoms in total. The summed E-state index contributed by atoms with van der Waals surface area (Å²) in [5.41, 5.74) is 5.41. The fourth-order valence-electron chi connectivity index (χ4n) is 5.86. The minimum absolute atomic E-state index is 0. The van der Waals surface area contributed by atoms with Gasteiger partial charge in [-0.15, -0.1) is 54.1 Å². The van der Waals surface area contributed by atoms with E-state index in [-0.39, 0.29) is 36.9 Å². The Labute approximate surface area is 313 Å². The molecular weight excluding hydrogens is 777 g/mol. The Morgan fingerprint density at radius 2 is 1.47 bits per heavy atom. The number of rotatable bonds is 4. The first-order valence-corrected chi connectivity index (χ1v) is 15.7. The summed E-state index contributed by atoms with van der Waals surface area (Å²) in [6.07, 6.45) is 1.35. The second-order valence-corrected chi connectivity index (χ2v) is 12.6. The molecular formula is C45H38IrN2O-2. The van der Waals surface area contributed by atoms with Gasteiger partial charge in [-0.1, -0.05) is 110 Å². The second-order valence-electron chi connectivity index (χ2n) is 12.6. The number of hydrogen-bond acceptors (Lipinski definition) is 3. The number of hydrogen-bond donors (Lipinski definition) is 0. The Balaban J connectivity index is 0.000000233. The van der Waals surface area contributed by atoms with Crippen LogP contribution in [0.4, 0.5) is 0 Å². The first kappa shape index (κ1) is 25.1. The molecule has 0 saturated heterocycles. The summed E-state index contributed by atoms with van der Waals surface area (Å²) in [5, 5.41) is 3.90. The van der Waals surface area contributed by atoms with Gasteiger partial charge in [0.2, 0.25) is 0 Å². The Hall–Kier alpha value is -4.89. The fourth-order valence-corrected chi connectivity index (χ4v) is 5.86. The van der Waals surface area contributed by atoms with Gasteiger partial charge < -0.3 is 14.4 Å². The van der Waals surface area contributed by atoms with Gasteiger partial charge in [-0.3, -0.25) is 0 Å². The molecule has 0 unspecified atom stereocenters. The normalized spacial score (nSPS) is 14.5. The van der Waals surface area contributed by atoms with Gasteiger partial charge >= 0.3 is 0 Å². The van der Waals surface area contributed by atoms with Crippen molar-refractivity contribution in [3.63, 3.8) is 0 Å². The molecule has 245 valence electrons. The van der Waals surface area contributed by atoms with Crippen LogP contribution < -0.4 is 0 Å². The predicted octanol–water partition coefficient (Wildman–Crippen LogP) is 12.0. The summed E-state index contributed by atoms with van der Waals surface area (Å²) in [4.78, 5) is 8.69. The zero-order valence-electron chi connectivity index (χ0n) is 35.3. The van der Waals surface area contributed by atoms with E-state index >= 15 is 0 Å². The van der Waals surface area contributed by atoms with Crippen molar-refractivity contribution < 1.29 is 35.5 Å². The third-order valence-corrected chi connectivity index (χ3v) is 7.95. The van der Waals surface area contributed by atoms with Crippen molar-refractivity contribution >= 4 is 32.7 Å². The fraction of sp³-hybridized carbons (Fsp3) is 0.156. The molecule has 5 aromatic carbocycles. The van der Waals surface area contributed by atoms with Crippen LogP contribution in [0, 0.1) is 31.3 Å². The number of nitrogens with zero attached hydrogens (tertiary/aromatic N) is 2. The molecule has 3 heterocycles. The molecule has 0 atom stereocenters. The Morgan fingerprint density at radius 3 is 2.18 bits per heavy atom. The van der Waals surface area contributed by atoms with E-state index in [1.165, 1.54) is 6.07 Å². The van der Waals surface area contributed by atoms with Crippen LogP contribution in [0.5, 0.6) is 0 Å². The van der Waals surface area contributed by atoms with Crippen LogP contribution in [-0.4, -0.2) is 9.97 Å². The minimum Gasteiger partial charge on any atom is -0.501 e. The molecule has 0 N–H and O–H groups in total. The van der Waals surface area contributed by atoms with Crippen molar-refractivity contribution in [2.24, 2.45) is 5.41 Å². The average Bonchev–Trinajstić information content (AvgIpc) is 3.56. The quantitative estimate of drug-likeness (QED) is 0.166. The van der Waals surface area contributed by atoms with Crippen LogP contribution in [0.2, 0.25) is 0 Å². The predicted molar refractivity (Wildman–Crippen MR) is 200 cm³/mol. The number of fused-ring (bicyclic) bond motifs is 5. The summed E-state index contributed by atoms with van der Waals surface area (Å²) in [5.74, 6) is 0. The zero-order valence-corrected chi connectivity index (χ0v) is 29.7. The molecule has 0 saturated carbocycles. The largest absolute Gasteiger partial charge is 0.501 e. The van der Waals surface area contributed by atoms with Gasteiger partial charge in [-0.2, -0.15) is 0 Å². The summed E-state index contributed by atoms with van der Waals surface area (Å²) >= 11 is 0. The van der Waals surface area contributed by atoms with Gasteiger partial charge in [-0.25, -0.2) is 0 Å². The van der Waals surface area contributed by atoms with E-state index in [1.54, 1.807) is 12.3 Å². The number of aromatic nitrogens is 2. The second kappa shape index (κ2) is 14.3. The van der Waals surface area contributed by atoms with Crippen LogP contribution >= 0.6 is 0 Å². The Kier molecular flexibility index (Phi) is 7.34. The van der Waals surface area contributed by atoms with E-state index in [4.69, 9.17) is 15.4 Å². The monoisotopic (exact) mass is 823 g/mol. The third-order valence-electron chi connectivity index (χ3n) is 7.95. The summed E-state index contributed by atoms with van der Waals surface area (Å²) in [6, 6.07) is 42.8. The van der Waals surface area contributed by atoms with Crippen molar-refractivity contribution in [2.45, 2.75) is 40.8 Å². The van der Waals surface area contributed by atoms with Gasteiger partial charge in [0.05, 0.1) is 5.58 Å². The maximum absolute atomic E-state index is 8.21. The number of benzene rings is 5. The van der Waals surface area contributed by atoms with Gasteiger partial charge in [-0.05, 0) is 76.0 Å². The molecule has 1 radical (unpaired) electrons. The molecule has 0 bridgehead atoms. The van der Waals surface area contributed by atoms with E-state index in [2.05, 4.69) is 46.4 Å². The maximum Gasteiger partial charge on any atom is 0.122 e. The molecule has 49 heavy (non-hydrogen) atoms. The number of aryl methyl sites for hydroxylation is 2. The van der Waals surface area contributed by atoms with Crippen molar-refractivity contribution in [3.8, 4) is 33.6 Å². The SMILES string of the molecule is [2H]C([2H])([2H])c1cnc(-c2[c-]ccc3c2oc2cc(-c4ccccc4)c4ccccc4c23)cc1C([2H])([2H])[2H].[2H]C([2H])(c1ccc(-c2[c-]cccc2)nc1)C(C)(C)C.[Ir]. The standard InChI is InChI=1S/C29H20NO.C16H18N.Ir/c1-18-15-26(30-17-19(18)2)23-13-8-14-24-28-22-12-7-6-11-21(22)25(16-27(28)31-29(23)24)20-9-4-3-5-10-20;1-16(2,3)11-13-9-10-15(17-12-13)14-7-5-4-6-8-14;/h3-12,14-17H,1-2H3;4-7,9-10,12H,11H2,1-3H3;/q2*-1;/i1D3,2D3;11D2;. The number of furan rings is 1. The first-order valence-electron chi connectivity index (χ1n) is 19.7. The molecule has 0 aliphatic rings. The maximum atomic E-state index is 8.21. The van der Waals surface area contributed by atoms with E-state index in [1.807, 2.05) is 99.6 Å². The van der Waals surface area contributed by atoms with Crippen LogP contribution in [0.15, 0.2) is 132 Å². The van der Waals surface area contributed by atoms with Gasteiger partial charge in [0, 0.05) is 48.9 Å².